The number of rotatable bonds is 5. The first-order valence-electron chi connectivity index (χ1n) is 7.54. The SMILES string of the molecule is C=CC[P+](c1ccccc1)(c1ccccc1)c1ccccc1.[Cl-]. The van der Waals surface area contributed by atoms with Crippen LogP contribution in [0.15, 0.2) is 104 Å². The summed E-state index contributed by atoms with van der Waals surface area (Å²) in [6, 6.07) is 32.7. The van der Waals surface area contributed by atoms with Crippen molar-refractivity contribution in [2.75, 3.05) is 6.16 Å². The van der Waals surface area contributed by atoms with Gasteiger partial charge in [0.25, 0.3) is 0 Å². The van der Waals surface area contributed by atoms with E-state index in [0.717, 1.165) is 6.16 Å². The van der Waals surface area contributed by atoms with Crippen LogP contribution in [0, 0.1) is 0 Å². The first-order valence-corrected chi connectivity index (χ1v) is 9.51. The van der Waals surface area contributed by atoms with Crippen molar-refractivity contribution in [3.8, 4) is 0 Å². The summed E-state index contributed by atoms with van der Waals surface area (Å²) in [6.45, 7) is 4.05. The van der Waals surface area contributed by atoms with Gasteiger partial charge in [-0.25, -0.2) is 0 Å². The van der Waals surface area contributed by atoms with E-state index in [1.54, 1.807) is 0 Å². The van der Waals surface area contributed by atoms with E-state index in [-0.39, 0.29) is 12.4 Å². The van der Waals surface area contributed by atoms with Gasteiger partial charge < -0.3 is 12.4 Å². The molecule has 2 heteroatoms. The van der Waals surface area contributed by atoms with Crippen molar-refractivity contribution in [2.24, 2.45) is 0 Å². The molecule has 0 nitrogen and oxygen atoms in total. The molecule has 0 saturated heterocycles. The van der Waals surface area contributed by atoms with Gasteiger partial charge in [-0.15, -0.1) is 0 Å². The zero-order chi connectivity index (χ0) is 15.3. The lowest BCUT2D eigenvalue weighted by molar-refractivity contribution is -0.00000425. The Balaban J connectivity index is 0.00000192. The van der Waals surface area contributed by atoms with E-state index in [2.05, 4.69) is 104 Å². The van der Waals surface area contributed by atoms with Crippen molar-refractivity contribution >= 4 is 23.2 Å². The maximum Gasteiger partial charge on any atom is 0.115 e. The number of benzene rings is 3. The molecular weight excluding hydrogens is 319 g/mol. The standard InChI is InChI=1S/C21H20P.ClH/c1-2-18-22(19-12-6-3-7-13-19,20-14-8-4-9-15-20)21-16-10-5-11-17-21;/h2-17H,1,18H2;1H/q+1;/p-1. The third-order valence-electron chi connectivity index (χ3n) is 3.99. The zero-order valence-corrected chi connectivity index (χ0v) is 14.6. The minimum absolute atomic E-state index is 0. The van der Waals surface area contributed by atoms with Gasteiger partial charge in [-0.1, -0.05) is 67.3 Å². The van der Waals surface area contributed by atoms with Crippen LogP contribution in [0.3, 0.4) is 0 Å². The summed E-state index contributed by atoms with van der Waals surface area (Å²) in [5.74, 6) is 0. The van der Waals surface area contributed by atoms with E-state index in [9.17, 15) is 0 Å². The van der Waals surface area contributed by atoms with Gasteiger partial charge in [-0.2, -0.15) is 0 Å². The molecule has 0 aliphatic heterocycles. The van der Waals surface area contributed by atoms with E-state index >= 15 is 0 Å². The maximum atomic E-state index is 4.05. The molecule has 0 aromatic heterocycles. The predicted molar refractivity (Wildman–Crippen MR) is 100 cm³/mol. The summed E-state index contributed by atoms with van der Waals surface area (Å²) in [5, 5.41) is 4.23. The molecular formula is C21H20ClP. The minimum atomic E-state index is -1.67. The summed E-state index contributed by atoms with van der Waals surface area (Å²) in [7, 11) is -1.67. The lowest BCUT2D eigenvalue weighted by Gasteiger charge is -2.26. The van der Waals surface area contributed by atoms with Gasteiger partial charge in [0.15, 0.2) is 0 Å². The van der Waals surface area contributed by atoms with Gasteiger partial charge in [-0.3, -0.25) is 0 Å². The molecule has 0 radical (unpaired) electrons. The molecule has 0 fully saturated rings. The molecule has 0 aliphatic carbocycles. The lowest BCUT2D eigenvalue weighted by Crippen LogP contribution is -3.00. The monoisotopic (exact) mass is 338 g/mol. The van der Waals surface area contributed by atoms with Crippen LogP contribution in [0.4, 0.5) is 0 Å². The van der Waals surface area contributed by atoms with Crippen molar-refractivity contribution in [3.63, 3.8) is 0 Å². The summed E-state index contributed by atoms with van der Waals surface area (Å²) >= 11 is 0. The zero-order valence-electron chi connectivity index (χ0n) is 13.0. The molecule has 23 heavy (non-hydrogen) atoms. The Hall–Kier alpha value is -1.88. The fourth-order valence-electron chi connectivity index (χ4n) is 3.00. The Bertz CT molecular complexity index is 627. The topological polar surface area (TPSA) is 0 Å². The van der Waals surface area contributed by atoms with Gasteiger partial charge in [0.05, 0.1) is 6.16 Å². The van der Waals surface area contributed by atoms with Gasteiger partial charge in [0.2, 0.25) is 0 Å². The second-order valence-corrected chi connectivity index (χ2v) is 8.82. The smallest absolute Gasteiger partial charge is 0.115 e. The van der Waals surface area contributed by atoms with Crippen LogP contribution in [0.2, 0.25) is 0 Å². The fourth-order valence-corrected chi connectivity index (χ4v) is 6.96. The first-order chi connectivity index (χ1) is 10.9. The van der Waals surface area contributed by atoms with Gasteiger partial charge >= 0.3 is 0 Å². The van der Waals surface area contributed by atoms with Crippen LogP contribution in [-0.4, -0.2) is 6.16 Å². The molecule has 0 N–H and O–H groups in total. The third kappa shape index (κ3) is 3.39. The van der Waals surface area contributed by atoms with Crippen LogP contribution in [0.5, 0.6) is 0 Å². The number of allylic oxidation sites excluding steroid dienone is 1. The molecule has 3 aromatic rings. The Kier molecular flexibility index (Phi) is 6.16. The van der Waals surface area contributed by atoms with Gasteiger partial charge in [-0.05, 0) is 36.4 Å². The van der Waals surface area contributed by atoms with Gasteiger partial charge in [0.1, 0.15) is 23.2 Å². The Morgan fingerprint density at radius 3 is 1.17 bits per heavy atom. The van der Waals surface area contributed by atoms with Crippen LogP contribution in [0.25, 0.3) is 0 Å². The highest BCUT2D eigenvalue weighted by atomic mass is 35.5. The van der Waals surface area contributed by atoms with Crippen LogP contribution < -0.4 is 28.3 Å². The highest BCUT2D eigenvalue weighted by Gasteiger charge is 2.43. The average Bonchev–Trinajstić information content (AvgIpc) is 2.62. The third-order valence-corrected chi connectivity index (χ3v) is 8.34. The normalized spacial score (nSPS) is 10.6. The second-order valence-electron chi connectivity index (χ2n) is 5.29. The van der Waals surface area contributed by atoms with Crippen molar-refractivity contribution in [1.29, 1.82) is 0 Å². The average molecular weight is 339 g/mol. The molecule has 0 aliphatic rings. The highest BCUT2D eigenvalue weighted by molar-refractivity contribution is 7.95. The van der Waals surface area contributed by atoms with E-state index in [1.165, 1.54) is 15.9 Å². The number of halogens is 1. The molecule has 0 amide bonds. The molecule has 0 atom stereocenters. The fraction of sp³-hybridized carbons (Fsp3) is 0.0476. The molecule has 3 rings (SSSR count). The Labute approximate surface area is 145 Å². The largest absolute Gasteiger partial charge is 1.00 e. The molecule has 0 heterocycles. The Morgan fingerprint density at radius 2 is 0.913 bits per heavy atom. The number of hydrogen-bond acceptors (Lipinski definition) is 0. The minimum Gasteiger partial charge on any atom is -1.00 e. The molecule has 0 unspecified atom stereocenters. The highest BCUT2D eigenvalue weighted by Crippen LogP contribution is 2.55. The molecule has 0 spiro atoms. The summed E-state index contributed by atoms with van der Waals surface area (Å²) in [5.41, 5.74) is 0. The summed E-state index contributed by atoms with van der Waals surface area (Å²) in [6.07, 6.45) is 3.05. The molecule has 3 aromatic carbocycles. The quantitative estimate of drug-likeness (QED) is 0.484. The predicted octanol–water partition coefficient (Wildman–Crippen LogP) is 1.17. The maximum absolute atomic E-state index is 4.05. The van der Waals surface area contributed by atoms with E-state index < -0.39 is 7.26 Å². The second kappa shape index (κ2) is 8.11. The van der Waals surface area contributed by atoms with E-state index in [1.807, 2.05) is 0 Å². The summed E-state index contributed by atoms with van der Waals surface area (Å²) < 4.78 is 0. The van der Waals surface area contributed by atoms with Crippen LogP contribution in [-0.2, 0) is 0 Å². The Morgan fingerprint density at radius 1 is 0.609 bits per heavy atom. The van der Waals surface area contributed by atoms with Crippen molar-refractivity contribution in [2.45, 2.75) is 0 Å². The van der Waals surface area contributed by atoms with Crippen molar-refractivity contribution < 1.29 is 12.4 Å². The van der Waals surface area contributed by atoms with Crippen LogP contribution >= 0.6 is 7.26 Å². The van der Waals surface area contributed by atoms with Crippen LogP contribution in [0.1, 0.15) is 0 Å². The summed E-state index contributed by atoms with van der Waals surface area (Å²) in [4.78, 5) is 0. The number of hydrogen-bond donors (Lipinski definition) is 0. The molecule has 116 valence electrons. The van der Waals surface area contributed by atoms with Crippen molar-refractivity contribution in [3.05, 3.63) is 104 Å². The first kappa shape index (κ1) is 17.5. The van der Waals surface area contributed by atoms with Gasteiger partial charge in [0, 0.05) is 0 Å². The van der Waals surface area contributed by atoms with Crippen molar-refractivity contribution in [1.82, 2.24) is 0 Å². The van der Waals surface area contributed by atoms with E-state index in [4.69, 9.17) is 0 Å². The lowest BCUT2D eigenvalue weighted by atomic mass is 10.4. The molecule has 0 bridgehead atoms. The molecule has 0 saturated carbocycles. The van der Waals surface area contributed by atoms with E-state index in [0.29, 0.717) is 0 Å².